The maximum atomic E-state index is 6.05. The summed E-state index contributed by atoms with van der Waals surface area (Å²) >= 11 is 0. The molecule has 0 aromatic rings. The lowest BCUT2D eigenvalue weighted by molar-refractivity contribution is -0.288. The summed E-state index contributed by atoms with van der Waals surface area (Å²) in [5, 5.41) is 2.27. The van der Waals surface area contributed by atoms with Crippen molar-refractivity contribution in [3.8, 4) is 0 Å². The molecule has 0 radical (unpaired) electrons. The number of piperidine rings is 1. The topological polar surface area (TPSA) is 38.5 Å². The minimum absolute atomic E-state index is 0.129. The average Bonchev–Trinajstić information content (AvgIpc) is 2.26. The zero-order valence-electron chi connectivity index (χ0n) is 13.7. The molecule has 1 aliphatic heterocycles. The first-order valence-corrected chi connectivity index (χ1v) is 7.97. The van der Waals surface area contributed by atoms with Gasteiger partial charge in [-0.3, -0.25) is 4.84 Å². The van der Waals surface area contributed by atoms with Crippen molar-refractivity contribution < 1.29 is 4.84 Å². The molecular weight excluding hydrogens is 236 g/mol. The first kappa shape index (κ1) is 16.9. The van der Waals surface area contributed by atoms with E-state index in [2.05, 4.69) is 39.7 Å². The number of unbranched alkanes of at least 4 members (excludes halogenated alkanes) is 1. The lowest BCUT2D eigenvalue weighted by Crippen LogP contribution is -2.60. The summed E-state index contributed by atoms with van der Waals surface area (Å²) < 4.78 is 0. The van der Waals surface area contributed by atoms with Crippen molar-refractivity contribution in [1.82, 2.24) is 5.06 Å². The molecule has 1 rings (SSSR count). The first-order valence-electron chi connectivity index (χ1n) is 7.97. The number of rotatable bonds is 7. The van der Waals surface area contributed by atoms with Crippen LogP contribution in [0.15, 0.2) is 0 Å². The van der Waals surface area contributed by atoms with Gasteiger partial charge in [-0.2, -0.15) is 5.06 Å². The standard InChI is InChI=1S/C16H34N2O/c1-6-11-19-18-15(2,3)12-14(9-7-8-10-17)13-16(18,4)5/h14H,6-13,17H2,1-5H3. The fourth-order valence-corrected chi connectivity index (χ4v) is 3.78. The lowest BCUT2D eigenvalue weighted by Gasteiger charge is -2.54. The maximum absolute atomic E-state index is 6.05. The van der Waals surface area contributed by atoms with E-state index in [-0.39, 0.29) is 11.1 Å². The van der Waals surface area contributed by atoms with Crippen molar-refractivity contribution >= 4 is 0 Å². The molecule has 0 saturated carbocycles. The highest BCUT2D eigenvalue weighted by molar-refractivity contribution is 4.96. The molecule has 0 spiro atoms. The Morgan fingerprint density at radius 3 is 2.16 bits per heavy atom. The lowest BCUT2D eigenvalue weighted by atomic mass is 9.73. The molecule has 0 aromatic heterocycles. The average molecular weight is 270 g/mol. The second-order valence-electron chi connectivity index (χ2n) is 7.31. The Balaban J connectivity index is 2.64. The third kappa shape index (κ3) is 4.73. The van der Waals surface area contributed by atoms with E-state index < -0.39 is 0 Å². The first-order chi connectivity index (χ1) is 8.83. The Morgan fingerprint density at radius 2 is 1.68 bits per heavy atom. The van der Waals surface area contributed by atoms with Crippen molar-refractivity contribution in [2.24, 2.45) is 11.7 Å². The van der Waals surface area contributed by atoms with Crippen LogP contribution in [-0.2, 0) is 4.84 Å². The van der Waals surface area contributed by atoms with Crippen molar-refractivity contribution in [2.75, 3.05) is 13.2 Å². The molecule has 0 amide bonds. The van der Waals surface area contributed by atoms with Crippen LogP contribution >= 0.6 is 0 Å². The van der Waals surface area contributed by atoms with Gasteiger partial charge in [0.2, 0.25) is 0 Å². The van der Waals surface area contributed by atoms with Gasteiger partial charge >= 0.3 is 0 Å². The van der Waals surface area contributed by atoms with Crippen LogP contribution in [0.2, 0.25) is 0 Å². The van der Waals surface area contributed by atoms with Crippen molar-refractivity contribution in [3.05, 3.63) is 0 Å². The summed E-state index contributed by atoms with van der Waals surface area (Å²) in [4.78, 5) is 6.05. The number of hydroxylamine groups is 2. The minimum Gasteiger partial charge on any atom is -0.330 e. The Labute approximate surface area is 119 Å². The van der Waals surface area contributed by atoms with Gasteiger partial charge < -0.3 is 5.73 Å². The van der Waals surface area contributed by atoms with E-state index in [0.717, 1.165) is 31.9 Å². The summed E-state index contributed by atoms with van der Waals surface area (Å²) in [6.45, 7) is 13.1. The molecule has 1 fully saturated rings. The molecule has 19 heavy (non-hydrogen) atoms. The fraction of sp³-hybridized carbons (Fsp3) is 1.00. The monoisotopic (exact) mass is 270 g/mol. The number of hydrogen-bond acceptors (Lipinski definition) is 3. The number of hydrogen-bond donors (Lipinski definition) is 1. The van der Waals surface area contributed by atoms with Gasteiger partial charge in [0.15, 0.2) is 0 Å². The predicted molar refractivity (Wildman–Crippen MR) is 81.9 cm³/mol. The van der Waals surface area contributed by atoms with Crippen molar-refractivity contribution in [1.29, 1.82) is 0 Å². The van der Waals surface area contributed by atoms with Crippen molar-refractivity contribution in [2.45, 2.75) is 84.2 Å². The molecule has 2 N–H and O–H groups in total. The van der Waals surface area contributed by atoms with Gasteiger partial charge in [0.1, 0.15) is 0 Å². The fourth-order valence-electron chi connectivity index (χ4n) is 3.78. The largest absolute Gasteiger partial charge is 0.330 e. The summed E-state index contributed by atoms with van der Waals surface area (Å²) in [5.74, 6) is 0.804. The predicted octanol–water partition coefficient (Wildman–Crippen LogP) is 3.73. The molecule has 0 bridgehead atoms. The van der Waals surface area contributed by atoms with E-state index >= 15 is 0 Å². The van der Waals surface area contributed by atoms with E-state index in [1.807, 2.05) is 0 Å². The van der Waals surface area contributed by atoms with Crippen LogP contribution in [0.5, 0.6) is 0 Å². The molecule has 1 heterocycles. The second-order valence-corrected chi connectivity index (χ2v) is 7.31. The Kier molecular flexibility index (Phi) is 6.28. The van der Waals surface area contributed by atoms with Gasteiger partial charge in [0.25, 0.3) is 0 Å². The molecule has 0 aromatic carbocycles. The normalized spacial score (nSPS) is 23.7. The molecular formula is C16H34N2O. The molecule has 0 atom stereocenters. The van der Waals surface area contributed by atoms with Crippen LogP contribution in [0.4, 0.5) is 0 Å². The molecule has 3 heteroatoms. The summed E-state index contributed by atoms with van der Waals surface area (Å²) in [7, 11) is 0. The number of nitrogens with two attached hydrogens (primary N) is 1. The Bertz CT molecular complexity index is 245. The van der Waals surface area contributed by atoms with Crippen LogP contribution in [0, 0.1) is 5.92 Å². The van der Waals surface area contributed by atoms with E-state index in [1.165, 1.54) is 25.7 Å². The molecule has 1 saturated heterocycles. The minimum atomic E-state index is 0.129. The van der Waals surface area contributed by atoms with E-state index in [1.54, 1.807) is 0 Å². The van der Waals surface area contributed by atoms with E-state index in [4.69, 9.17) is 10.6 Å². The zero-order chi connectivity index (χ0) is 14.5. The van der Waals surface area contributed by atoms with Gasteiger partial charge in [0, 0.05) is 11.1 Å². The van der Waals surface area contributed by atoms with Gasteiger partial charge in [-0.05, 0) is 65.8 Å². The Morgan fingerprint density at radius 1 is 1.11 bits per heavy atom. The summed E-state index contributed by atoms with van der Waals surface area (Å²) in [6.07, 6.45) is 7.26. The molecule has 0 unspecified atom stereocenters. The third-order valence-corrected chi connectivity index (χ3v) is 4.17. The van der Waals surface area contributed by atoms with Gasteiger partial charge in [-0.1, -0.05) is 19.8 Å². The van der Waals surface area contributed by atoms with E-state index in [0.29, 0.717) is 0 Å². The molecule has 1 aliphatic rings. The summed E-state index contributed by atoms with van der Waals surface area (Å²) in [6, 6.07) is 0. The van der Waals surface area contributed by atoms with Crippen LogP contribution in [0.25, 0.3) is 0 Å². The third-order valence-electron chi connectivity index (χ3n) is 4.17. The van der Waals surface area contributed by atoms with Crippen molar-refractivity contribution in [3.63, 3.8) is 0 Å². The highest BCUT2D eigenvalue weighted by atomic mass is 16.7. The molecule has 0 aliphatic carbocycles. The second kappa shape index (κ2) is 7.05. The highest BCUT2D eigenvalue weighted by Gasteiger charge is 2.45. The smallest absolute Gasteiger partial charge is 0.0683 e. The molecule has 114 valence electrons. The summed E-state index contributed by atoms with van der Waals surface area (Å²) in [5.41, 5.74) is 5.86. The highest BCUT2D eigenvalue weighted by Crippen LogP contribution is 2.43. The Hall–Kier alpha value is -0.120. The molecule has 3 nitrogen and oxygen atoms in total. The van der Waals surface area contributed by atoms with Gasteiger partial charge in [-0.15, -0.1) is 0 Å². The van der Waals surface area contributed by atoms with Crippen LogP contribution in [-0.4, -0.2) is 29.3 Å². The van der Waals surface area contributed by atoms with Crippen LogP contribution in [0.1, 0.15) is 73.1 Å². The van der Waals surface area contributed by atoms with E-state index in [9.17, 15) is 0 Å². The maximum Gasteiger partial charge on any atom is 0.0683 e. The van der Waals surface area contributed by atoms with Gasteiger partial charge in [-0.25, -0.2) is 0 Å². The van der Waals surface area contributed by atoms with Crippen LogP contribution < -0.4 is 5.73 Å². The zero-order valence-corrected chi connectivity index (χ0v) is 13.7. The number of nitrogens with zero attached hydrogens (tertiary/aromatic N) is 1. The SMILES string of the molecule is CCCON1C(C)(C)CC(CCCCN)CC1(C)C. The van der Waals surface area contributed by atoms with Gasteiger partial charge in [0.05, 0.1) is 6.61 Å². The van der Waals surface area contributed by atoms with Crippen LogP contribution in [0.3, 0.4) is 0 Å². The quantitative estimate of drug-likeness (QED) is 0.716.